The SMILES string of the molecule is [O]C(=O)[C@@H](O)[C@@H](O)[C@H](O)[C@H](O)CO. The number of carbonyl (C=O) groups is 1. The van der Waals surface area contributed by atoms with Crippen molar-refractivity contribution in [2.24, 2.45) is 0 Å². The minimum Gasteiger partial charge on any atom is -0.394 e. The molecule has 7 nitrogen and oxygen atoms in total. The Morgan fingerprint density at radius 2 is 1.54 bits per heavy atom. The van der Waals surface area contributed by atoms with Crippen LogP contribution in [0.4, 0.5) is 0 Å². The molecule has 0 spiro atoms. The Morgan fingerprint density at radius 3 is 1.85 bits per heavy atom. The van der Waals surface area contributed by atoms with E-state index in [0.717, 1.165) is 0 Å². The summed E-state index contributed by atoms with van der Waals surface area (Å²) in [7, 11) is 0. The van der Waals surface area contributed by atoms with Crippen molar-refractivity contribution in [1.29, 1.82) is 0 Å². The monoisotopic (exact) mass is 195 g/mol. The third-order valence-corrected chi connectivity index (χ3v) is 1.50. The first kappa shape index (κ1) is 12.3. The maximum Gasteiger partial charge on any atom is 0.386 e. The first-order valence-electron chi connectivity index (χ1n) is 3.45. The van der Waals surface area contributed by atoms with Gasteiger partial charge < -0.3 is 25.5 Å². The van der Waals surface area contributed by atoms with Gasteiger partial charge >= 0.3 is 5.97 Å². The second kappa shape index (κ2) is 5.10. The Balaban J connectivity index is 4.24. The highest BCUT2D eigenvalue weighted by atomic mass is 16.4. The lowest BCUT2D eigenvalue weighted by molar-refractivity contribution is -0.170. The van der Waals surface area contributed by atoms with Gasteiger partial charge in [0.05, 0.1) is 6.61 Å². The lowest BCUT2D eigenvalue weighted by atomic mass is 10.0. The lowest BCUT2D eigenvalue weighted by Gasteiger charge is -2.22. The first-order valence-corrected chi connectivity index (χ1v) is 3.45. The molecule has 0 aromatic carbocycles. The molecule has 13 heavy (non-hydrogen) atoms. The van der Waals surface area contributed by atoms with Crippen LogP contribution >= 0.6 is 0 Å². The largest absolute Gasteiger partial charge is 0.394 e. The summed E-state index contributed by atoms with van der Waals surface area (Å²) >= 11 is 0. The van der Waals surface area contributed by atoms with Gasteiger partial charge in [0.25, 0.3) is 0 Å². The summed E-state index contributed by atoms with van der Waals surface area (Å²) < 4.78 is 0. The van der Waals surface area contributed by atoms with Crippen molar-refractivity contribution in [1.82, 2.24) is 0 Å². The topological polar surface area (TPSA) is 138 Å². The molecule has 77 valence electrons. The fourth-order valence-electron chi connectivity index (χ4n) is 0.662. The number of hydrogen-bond donors (Lipinski definition) is 5. The Labute approximate surface area is 73.5 Å². The maximum absolute atomic E-state index is 9.98. The van der Waals surface area contributed by atoms with Gasteiger partial charge in [-0.25, -0.2) is 9.90 Å². The minimum atomic E-state index is -2.31. The van der Waals surface area contributed by atoms with E-state index in [9.17, 15) is 9.90 Å². The predicted molar refractivity (Wildman–Crippen MR) is 36.8 cm³/mol. The second-order valence-corrected chi connectivity index (χ2v) is 2.49. The van der Waals surface area contributed by atoms with Crippen LogP contribution in [0.15, 0.2) is 0 Å². The van der Waals surface area contributed by atoms with E-state index in [1.165, 1.54) is 0 Å². The van der Waals surface area contributed by atoms with E-state index >= 15 is 0 Å². The van der Waals surface area contributed by atoms with Crippen molar-refractivity contribution in [3.63, 3.8) is 0 Å². The molecule has 0 unspecified atom stereocenters. The third kappa shape index (κ3) is 3.25. The van der Waals surface area contributed by atoms with E-state index in [4.69, 9.17) is 25.5 Å². The standard InChI is InChI=1S/C6H11O7/c7-1-2(8)3(9)4(10)5(11)6(12)13/h2-5,7-11H,1H2/t2-,3-,4+,5+/m1/s1. The molecular formula is C6H11O7. The van der Waals surface area contributed by atoms with E-state index in [2.05, 4.69) is 0 Å². The Bertz CT molecular complexity index is 170. The number of hydrogen-bond acceptors (Lipinski definition) is 6. The Morgan fingerprint density at radius 1 is 1.08 bits per heavy atom. The maximum atomic E-state index is 9.98. The fraction of sp³-hybridized carbons (Fsp3) is 0.833. The van der Waals surface area contributed by atoms with Crippen molar-refractivity contribution in [2.45, 2.75) is 24.4 Å². The van der Waals surface area contributed by atoms with Crippen LogP contribution in [0, 0.1) is 0 Å². The molecule has 0 aliphatic rings. The van der Waals surface area contributed by atoms with Crippen LogP contribution < -0.4 is 0 Å². The molecule has 0 heterocycles. The number of aliphatic hydroxyl groups is 5. The van der Waals surface area contributed by atoms with Gasteiger partial charge in [-0.1, -0.05) is 0 Å². The van der Waals surface area contributed by atoms with Gasteiger partial charge in [-0.3, -0.25) is 0 Å². The quantitative estimate of drug-likeness (QED) is 0.307. The van der Waals surface area contributed by atoms with Crippen molar-refractivity contribution < 1.29 is 35.4 Å². The van der Waals surface area contributed by atoms with Crippen molar-refractivity contribution in [3.05, 3.63) is 0 Å². The summed E-state index contributed by atoms with van der Waals surface area (Å²) in [6.45, 7) is -0.863. The minimum absolute atomic E-state index is 0.863. The van der Waals surface area contributed by atoms with Gasteiger partial charge in [0.2, 0.25) is 0 Å². The number of aliphatic hydroxyl groups excluding tert-OH is 5. The zero-order chi connectivity index (χ0) is 10.6. The molecule has 0 aromatic heterocycles. The van der Waals surface area contributed by atoms with Gasteiger partial charge in [-0.15, -0.1) is 0 Å². The molecule has 0 aromatic rings. The van der Waals surface area contributed by atoms with E-state index < -0.39 is 37.0 Å². The molecule has 0 amide bonds. The summed E-state index contributed by atoms with van der Waals surface area (Å²) in [5.74, 6) is -1.98. The number of carbonyl (C=O) groups excluding carboxylic acids is 1. The summed E-state index contributed by atoms with van der Waals surface area (Å²) in [5, 5.41) is 53.4. The van der Waals surface area contributed by atoms with Crippen molar-refractivity contribution in [2.75, 3.05) is 6.61 Å². The Kier molecular flexibility index (Phi) is 4.81. The summed E-state index contributed by atoms with van der Waals surface area (Å²) in [6.07, 6.45) is -8.08. The zero-order valence-electron chi connectivity index (χ0n) is 6.57. The van der Waals surface area contributed by atoms with Crippen LogP contribution in [0.5, 0.6) is 0 Å². The zero-order valence-corrected chi connectivity index (χ0v) is 6.57. The average molecular weight is 195 g/mol. The molecule has 0 fully saturated rings. The highest BCUT2D eigenvalue weighted by Crippen LogP contribution is 2.05. The summed E-state index contributed by atoms with van der Waals surface area (Å²) in [6, 6.07) is 0. The van der Waals surface area contributed by atoms with Crippen LogP contribution in [-0.2, 0) is 9.90 Å². The number of rotatable bonds is 5. The first-order chi connectivity index (χ1) is 5.91. The summed E-state index contributed by atoms with van der Waals surface area (Å²) in [5.41, 5.74) is 0. The van der Waals surface area contributed by atoms with Crippen molar-refractivity contribution >= 4 is 5.97 Å². The van der Waals surface area contributed by atoms with Crippen LogP contribution in [0.25, 0.3) is 0 Å². The van der Waals surface area contributed by atoms with Gasteiger partial charge in [0.15, 0.2) is 6.10 Å². The molecule has 4 atom stereocenters. The molecule has 1 radical (unpaired) electrons. The highest BCUT2D eigenvalue weighted by Gasteiger charge is 2.34. The van der Waals surface area contributed by atoms with E-state index in [-0.39, 0.29) is 0 Å². The van der Waals surface area contributed by atoms with E-state index in [0.29, 0.717) is 0 Å². The van der Waals surface area contributed by atoms with Gasteiger partial charge in [-0.2, -0.15) is 0 Å². The smallest absolute Gasteiger partial charge is 0.386 e. The van der Waals surface area contributed by atoms with Crippen LogP contribution in [0.3, 0.4) is 0 Å². The lowest BCUT2D eigenvalue weighted by Crippen LogP contribution is -2.48. The van der Waals surface area contributed by atoms with Crippen LogP contribution in [0.1, 0.15) is 0 Å². The van der Waals surface area contributed by atoms with E-state index in [1.54, 1.807) is 0 Å². The molecule has 5 N–H and O–H groups in total. The molecule has 0 saturated carbocycles. The molecule has 0 aliphatic carbocycles. The van der Waals surface area contributed by atoms with Crippen LogP contribution in [-0.4, -0.2) is 62.5 Å². The fourth-order valence-corrected chi connectivity index (χ4v) is 0.662. The average Bonchev–Trinajstić information content (AvgIpc) is 2.12. The molecule has 0 aliphatic heterocycles. The van der Waals surface area contributed by atoms with Gasteiger partial charge in [0.1, 0.15) is 18.3 Å². The van der Waals surface area contributed by atoms with Gasteiger partial charge in [-0.05, 0) is 0 Å². The molecule has 0 bridgehead atoms. The summed E-state index contributed by atoms with van der Waals surface area (Å²) in [4.78, 5) is 9.98. The third-order valence-electron chi connectivity index (χ3n) is 1.50. The normalized spacial score (nSPS) is 20.4. The Hall–Kier alpha value is -0.730. The second-order valence-electron chi connectivity index (χ2n) is 2.49. The van der Waals surface area contributed by atoms with Crippen molar-refractivity contribution in [3.8, 4) is 0 Å². The predicted octanol–water partition coefficient (Wildman–Crippen LogP) is -3.62. The molecule has 0 saturated heterocycles. The highest BCUT2D eigenvalue weighted by molar-refractivity contribution is 5.72. The molecular weight excluding hydrogens is 184 g/mol. The van der Waals surface area contributed by atoms with Crippen LogP contribution in [0.2, 0.25) is 0 Å². The van der Waals surface area contributed by atoms with Gasteiger partial charge in [0, 0.05) is 0 Å². The molecule has 7 heteroatoms. The van der Waals surface area contributed by atoms with E-state index in [1.807, 2.05) is 0 Å². The molecule has 0 rings (SSSR count).